The lowest BCUT2D eigenvalue weighted by atomic mass is 9.89. The van der Waals surface area contributed by atoms with E-state index in [0.717, 1.165) is 31.3 Å². The van der Waals surface area contributed by atoms with Crippen molar-refractivity contribution < 1.29 is 0 Å². The number of rotatable bonds is 2. The highest BCUT2D eigenvalue weighted by Crippen LogP contribution is 2.71. The molecule has 4 rings (SSSR count). The van der Waals surface area contributed by atoms with Crippen LogP contribution in [0, 0.1) is 22.7 Å². The summed E-state index contributed by atoms with van der Waals surface area (Å²) in [6.07, 6.45) is 7.97. The van der Waals surface area contributed by atoms with Gasteiger partial charge in [-0.25, -0.2) is 0 Å². The summed E-state index contributed by atoms with van der Waals surface area (Å²) in [4.78, 5) is 0. The summed E-state index contributed by atoms with van der Waals surface area (Å²) >= 11 is 15.3. The van der Waals surface area contributed by atoms with Gasteiger partial charge in [-0.3, -0.25) is 0 Å². The monoisotopic (exact) mass is 514 g/mol. The second kappa shape index (κ2) is 9.74. The Morgan fingerprint density at radius 1 is 0.679 bits per heavy atom. The SMILES string of the molecule is CSC1=C(SC)SC(=C2SC3=C(SC(=C4CCC(=C(C#N)C#N)CC4)S3)S2)S1. The number of allylic oxidation sites excluding steroid dienone is 3. The van der Waals surface area contributed by atoms with Gasteiger partial charge in [-0.1, -0.05) is 70.6 Å². The summed E-state index contributed by atoms with van der Waals surface area (Å²) in [7, 11) is 0. The molecule has 0 amide bonds. The summed E-state index contributed by atoms with van der Waals surface area (Å²) in [5, 5.41) is 18.1. The van der Waals surface area contributed by atoms with Crippen molar-refractivity contribution in [2.24, 2.45) is 0 Å². The van der Waals surface area contributed by atoms with Crippen molar-refractivity contribution in [2.45, 2.75) is 25.7 Å². The summed E-state index contributed by atoms with van der Waals surface area (Å²) in [5.41, 5.74) is 2.86. The Labute approximate surface area is 199 Å². The van der Waals surface area contributed by atoms with Crippen LogP contribution in [-0.4, -0.2) is 12.5 Å². The van der Waals surface area contributed by atoms with Crippen molar-refractivity contribution in [3.8, 4) is 12.1 Å². The molecule has 0 spiro atoms. The van der Waals surface area contributed by atoms with E-state index in [0.29, 0.717) is 5.57 Å². The highest BCUT2D eigenvalue weighted by atomic mass is 32.3. The van der Waals surface area contributed by atoms with E-state index in [1.54, 1.807) is 0 Å². The molecule has 0 N–H and O–H groups in total. The predicted octanol–water partition coefficient (Wildman–Crippen LogP) is 8.66. The van der Waals surface area contributed by atoms with Crippen molar-refractivity contribution in [1.29, 1.82) is 10.5 Å². The zero-order chi connectivity index (χ0) is 19.7. The van der Waals surface area contributed by atoms with E-state index in [1.165, 1.54) is 35.2 Å². The molecule has 0 saturated heterocycles. The van der Waals surface area contributed by atoms with Crippen LogP contribution in [0.1, 0.15) is 25.7 Å². The molecule has 1 aliphatic carbocycles. The molecule has 0 aromatic heterocycles. The van der Waals surface area contributed by atoms with E-state index in [9.17, 15) is 0 Å². The van der Waals surface area contributed by atoms with Gasteiger partial charge in [0.2, 0.25) is 0 Å². The standard InChI is InChI=1S/C18H14N2S8/c1-21-13-14(22-2)26-17(25-13)18-27-15-16(28-18)24-12(23-15)10-5-3-9(4-6-10)11(7-19)8-20/h3-6H2,1-2H3. The van der Waals surface area contributed by atoms with Crippen LogP contribution in [0.2, 0.25) is 0 Å². The molecule has 3 heterocycles. The Morgan fingerprint density at radius 2 is 1.11 bits per heavy atom. The van der Waals surface area contributed by atoms with E-state index in [1.807, 2.05) is 106 Å². The molecule has 4 aliphatic rings. The third kappa shape index (κ3) is 4.40. The highest BCUT2D eigenvalue weighted by molar-refractivity contribution is 8.49. The van der Waals surface area contributed by atoms with Gasteiger partial charge in [0.1, 0.15) is 17.7 Å². The van der Waals surface area contributed by atoms with Crippen molar-refractivity contribution in [2.75, 3.05) is 12.5 Å². The van der Waals surface area contributed by atoms with Crippen molar-refractivity contribution in [1.82, 2.24) is 0 Å². The van der Waals surface area contributed by atoms with E-state index >= 15 is 0 Å². The van der Waals surface area contributed by atoms with Crippen LogP contribution in [0.25, 0.3) is 0 Å². The molecule has 1 saturated carbocycles. The van der Waals surface area contributed by atoms with Crippen LogP contribution in [0.3, 0.4) is 0 Å². The van der Waals surface area contributed by atoms with Gasteiger partial charge in [0.05, 0.1) is 29.7 Å². The Kier molecular flexibility index (Phi) is 7.55. The van der Waals surface area contributed by atoms with Gasteiger partial charge in [0.25, 0.3) is 0 Å². The predicted molar refractivity (Wildman–Crippen MR) is 137 cm³/mol. The quantitative estimate of drug-likeness (QED) is 0.334. The smallest absolute Gasteiger partial charge is 0.128 e. The molecule has 28 heavy (non-hydrogen) atoms. The summed E-state index contributed by atoms with van der Waals surface area (Å²) < 4.78 is 10.0. The van der Waals surface area contributed by atoms with Crippen LogP contribution in [0.4, 0.5) is 0 Å². The molecule has 144 valence electrons. The molecule has 10 heteroatoms. The maximum Gasteiger partial charge on any atom is 0.128 e. The molecule has 0 radical (unpaired) electrons. The molecule has 2 nitrogen and oxygen atoms in total. The van der Waals surface area contributed by atoms with Gasteiger partial charge >= 0.3 is 0 Å². The maximum atomic E-state index is 9.07. The third-order valence-corrected chi connectivity index (χ3v) is 15.8. The minimum atomic E-state index is 0.327. The fraction of sp³-hybridized carbons (Fsp3) is 0.333. The second-order valence-corrected chi connectivity index (χ2v) is 15.4. The topological polar surface area (TPSA) is 47.6 Å². The van der Waals surface area contributed by atoms with Crippen LogP contribution in [-0.2, 0) is 0 Å². The van der Waals surface area contributed by atoms with Crippen LogP contribution in [0.5, 0.6) is 0 Å². The minimum Gasteiger partial charge on any atom is -0.192 e. The Balaban J connectivity index is 1.41. The molecule has 0 atom stereocenters. The number of nitriles is 2. The molecule has 0 aromatic carbocycles. The minimum absolute atomic E-state index is 0.327. The Bertz CT molecular complexity index is 903. The second-order valence-electron chi connectivity index (χ2n) is 5.84. The first-order chi connectivity index (χ1) is 13.7. The van der Waals surface area contributed by atoms with Crippen LogP contribution in [0.15, 0.2) is 46.4 Å². The summed E-state index contributed by atoms with van der Waals surface area (Å²) in [5.74, 6) is 0. The summed E-state index contributed by atoms with van der Waals surface area (Å²) in [6.45, 7) is 0. The van der Waals surface area contributed by atoms with Gasteiger partial charge < -0.3 is 0 Å². The lowest BCUT2D eigenvalue weighted by Crippen LogP contribution is -2.01. The summed E-state index contributed by atoms with van der Waals surface area (Å²) in [6, 6.07) is 4.09. The zero-order valence-electron chi connectivity index (χ0n) is 15.0. The lowest BCUT2D eigenvalue weighted by molar-refractivity contribution is 0.725. The van der Waals surface area contributed by atoms with Crippen molar-refractivity contribution >= 4 is 94.1 Å². The third-order valence-electron chi connectivity index (χ3n) is 4.31. The maximum absolute atomic E-state index is 9.07. The first-order valence-corrected chi connectivity index (χ1v) is 15.6. The molecular weight excluding hydrogens is 501 g/mol. The van der Waals surface area contributed by atoms with Gasteiger partial charge in [-0.05, 0) is 49.3 Å². The average Bonchev–Trinajstić information content (AvgIpc) is 3.41. The molecule has 0 unspecified atom stereocenters. The normalized spacial score (nSPS) is 22.2. The van der Waals surface area contributed by atoms with Crippen molar-refractivity contribution in [3.05, 3.63) is 46.4 Å². The average molecular weight is 515 g/mol. The first-order valence-electron chi connectivity index (χ1n) is 8.29. The fourth-order valence-electron chi connectivity index (χ4n) is 2.91. The number of nitrogens with zero attached hydrogens (tertiary/aromatic N) is 2. The molecular formula is C18H14N2S8. The molecule has 0 aromatic rings. The lowest BCUT2D eigenvalue weighted by Gasteiger charge is -2.19. The van der Waals surface area contributed by atoms with E-state index < -0.39 is 0 Å². The first kappa shape index (κ1) is 21.7. The van der Waals surface area contributed by atoms with E-state index in [-0.39, 0.29) is 0 Å². The van der Waals surface area contributed by atoms with E-state index in [2.05, 4.69) is 12.5 Å². The fourth-order valence-corrected chi connectivity index (χ4v) is 14.7. The number of hydrogen-bond donors (Lipinski definition) is 0. The largest absolute Gasteiger partial charge is 0.192 e. The van der Waals surface area contributed by atoms with Gasteiger partial charge in [-0.2, -0.15) is 10.5 Å². The van der Waals surface area contributed by atoms with Crippen molar-refractivity contribution in [3.63, 3.8) is 0 Å². The van der Waals surface area contributed by atoms with E-state index in [4.69, 9.17) is 10.5 Å². The van der Waals surface area contributed by atoms with Crippen LogP contribution >= 0.6 is 94.1 Å². The van der Waals surface area contributed by atoms with Gasteiger partial charge in [0.15, 0.2) is 0 Å². The Hall–Kier alpha value is 0.480. The number of thioether (sulfide) groups is 8. The molecule has 3 aliphatic heterocycles. The number of hydrogen-bond acceptors (Lipinski definition) is 10. The van der Waals surface area contributed by atoms with Gasteiger partial charge in [0, 0.05) is 0 Å². The molecule has 0 bridgehead atoms. The van der Waals surface area contributed by atoms with Gasteiger partial charge in [-0.15, -0.1) is 23.5 Å². The Morgan fingerprint density at radius 3 is 1.54 bits per heavy atom. The van der Waals surface area contributed by atoms with Crippen LogP contribution < -0.4 is 0 Å². The molecule has 1 fully saturated rings. The highest BCUT2D eigenvalue weighted by Gasteiger charge is 2.35. The zero-order valence-corrected chi connectivity index (χ0v) is 21.5.